The fourth-order valence-electron chi connectivity index (χ4n) is 3.66. The summed E-state index contributed by atoms with van der Waals surface area (Å²) >= 11 is 5.91. The molecule has 0 fully saturated rings. The Morgan fingerprint density at radius 2 is 1.65 bits per heavy atom. The van der Waals surface area contributed by atoms with Crippen LogP contribution < -0.4 is 19.2 Å². The summed E-state index contributed by atoms with van der Waals surface area (Å²) in [5.74, 6) is 0.518. The number of carbonyl (C=O) groups is 1. The highest BCUT2D eigenvalue weighted by atomic mass is 35.5. The summed E-state index contributed by atoms with van der Waals surface area (Å²) in [5, 5.41) is 4.66. The molecule has 0 aliphatic rings. The first-order chi connectivity index (χ1) is 19.2. The standard InChI is InChI=1S/C30H28ClN3O5S/c1-22-6-16-29(17-7-22)40(36,37)34(26-4-3-5-28(18-26)38-2)20-30(35)33-32-19-23-10-14-27(15-11-23)39-21-24-8-12-25(31)13-9-24/h3-19H,20-21H2,1-2H3,(H,33,35)/b32-19-. The molecule has 0 heterocycles. The van der Waals surface area contributed by atoms with E-state index in [0.717, 1.165) is 21.0 Å². The fraction of sp³-hybridized carbons (Fsp3) is 0.133. The highest BCUT2D eigenvalue weighted by molar-refractivity contribution is 7.92. The normalized spacial score (nSPS) is 11.3. The van der Waals surface area contributed by atoms with Crippen LogP contribution in [0.2, 0.25) is 5.02 Å². The van der Waals surface area contributed by atoms with Gasteiger partial charge in [0.1, 0.15) is 24.7 Å². The van der Waals surface area contributed by atoms with Gasteiger partial charge in [0, 0.05) is 11.1 Å². The van der Waals surface area contributed by atoms with Crippen LogP contribution in [0.4, 0.5) is 5.69 Å². The average molecular weight is 578 g/mol. The number of sulfonamides is 1. The van der Waals surface area contributed by atoms with Crippen LogP contribution in [0.5, 0.6) is 11.5 Å². The summed E-state index contributed by atoms with van der Waals surface area (Å²) in [6, 6.07) is 27.5. The van der Waals surface area contributed by atoms with E-state index in [9.17, 15) is 13.2 Å². The molecule has 8 nitrogen and oxygen atoms in total. The second-order valence-electron chi connectivity index (χ2n) is 8.80. The Bertz CT molecular complexity index is 1570. The number of hydrogen-bond donors (Lipinski definition) is 1. The van der Waals surface area contributed by atoms with Gasteiger partial charge < -0.3 is 9.47 Å². The van der Waals surface area contributed by atoms with Gasteiger partial charge in [0.25, 0.3) is 15.9 Å². The van der Waals surface area contributed by atoms with E-state index in [-0.39, 0.29) is 10.6 Å². The van der Waals surface area contributed by atoms with Gasteiger partial charge in [0.05, 0.1) is 23.9 Å². The zero-order valence-corrected chi connectivity index (χ0v) is 23.5. The van der Waals surface area contributed by atoms with Gasteiger partial charge in [0.15, 0.2) is 0 Å². The van der Waals surface area contributed by atoms with Crippen LogP contribution in [-0.4, -0.2) is 34.2 Å². The lowest BCUT2D eigenvalue weighted by Crippen LogP contribution is -2.39. The summed E-state index contributed by atoms with van der Waals surface area (Å²) in [6.07, 6.45) is 1.46. The second kappa shape index (κ2) is 13.1. The topological polar surface area (TPSA) is 97.3 Å². The van der Waals surface area contributed by atoms with Crippen LogP contribution in [0.15, 0.2) is 107 Å². The number of benzene rings is 4. The van der Waals surface area contributed by atoms with E-state index < -0.39 is 22.5 Å². The van der Waals surface area contributed by atoms with Crippen molar-refractivity contribution in [3.05, 3.63) is 119 Å². The van der Waals surface area contributed by atoms with E-state index in [2.05, 4.69) is 10.5 Å². The SMILES string of the molecule is COc1cccc(N(CC(=O)N/N=C\c2ccc(OCc3ccc(Cl)cc3)cc2)S(=O)(=O)c2ccc(C)cc2)c1. The number of carbonyl (C=O) groups excluding carboxylic acids is 1. The Labute approximate surface area is 238 Å². The van der Waals surface area contributed by atoms with E-state index >= 15 is 0 Å². The Morgan fingerprint density at radius 1 is 0.950 bits per heavy atom. The Balaban J connectivity index is 1.42. The molecule has 0 bridgehead atoms. The minimum absolute atomic E-state index is 0.0654. The number of methoxy groups -OCH3 is 1. The molecule has 1 N–H and O–H groups in total. The number of ether oxygens (including phenoxy) is 2. The molecule has 0 saturated carbocycles. The molecule has 0 aromatic heterocycles. The monoisotopic (exact) mass is 577 g/mol. The van der Waals surface area contributed by atoms with Gasteiger partial charge in [-0.1, -0.05) is 47.5 Å². The largest absolute Gasteiger partial charge is 0.497 e. The number of hydrazone groups is 1. The summed E-state index contributed by atoms with van der Waals surface area (Å²) < 4.78 is 39.1. The second-order valence-corrected chi connectivity index (χ2v) is 11.1. The van der Waals surface area contributed by atoms with Crippen LogP contribution in [0.25, 0.3) is 0 Å². The smallest absolute Gasteiger partial charge is 0.264 e. The zero-order valence-electron chi connectivity index (χ0n) is 22.0. The van der Waals surface area contributed by atoms with Gasteiger partial charge in [-0.15, -0.1) is 0 Å². The van der Waals surface area contributed by atoms with Gasteiger partial charge in [0.2, 0.25) is 0 Å². The molecule has 4 aromatic rings. The maximum atomic E-state index is 13.5. The van der Waals surface area contributed by atoms with Gasteiger partial charge in [-0.3, -0.25) is 9.10 Å². The number of halogens is 1. The van der Waals surface area contributed by atoms with Crippen molar-refractivity contribution in [2.75, 3.05) is 18.0 Å². The number of hydrogen-bond acceptors (Lipinski definition) is 6. The lowest BCUT2D eigenvalue weighted by molar-refractivity contribution is -0.119. The predicted molar refractivity (Wildman–Crippen MR) is 157 cm³/mol. The molecule has 0 saturated heterocycles. The van der Waals surface area contributed by atoms with E-state index in [1.807, 2.05) is 31.2 Å². The average Bonchev–Trinajstić information content (AvgIpc) is 2.96. The number of amides is 1. The summed E-state index contributed by atoms with van der Waals surface area (Å²) in [4.78, 5) is 12.9. The number of rotatable bonds is 11. The van der Waals surface area contributed by atoms with E-state index in [1.165, 1.54) is 25.5 Å². The molecule has 1 amide bonds. The van der Waals surface area contributed by atoms with Crippen LogP contribution >= 0.6 is 11.6 Å². The van der Waals surface area contributed by atoms with Gasteiger partial charge in [-0.25, -0.2) is 13.8 Å². The van der Waals surface area contributed by atoms with Crippen LogP contribution in [0.1, 0.15) is 16.7 Å². The first-order valence-corrected chi connectivity index (χ1v) is 14.1. The van der Waals surface area contributed by atoms with Crippen molar-refractivity contribution in [3.63, 3.8) is 0 Å². The van der Waals surface area contributed by atoms with Crippen molar-refractivity contribution in [2.24, 2.45) is 5.10 Å². The van der Waals surface area contributed by atoms with Gasteiger partial charge in [-0.05, 0) is 78.7 Å². The third-order valence-electron chi connectivity index (χ3n) is 5.84. The van der Waals surface area contributed by atoms with Crippen LogP contribution in [0, 0.1) is 6.92 Å². The minimum atomic E-state index is -4.06. The van der Waals surface area contributed by atoms with Crippen molar-refractivity contribution in [1.29, 1.82) is 0 Å². The van der Waals surface area contributed by atoms with Crippen molar-refractivity contribution in [3.8, 4) is 11.5 Å². The Morgan fingerprint density at radius 3 is 2.33 bits per heavy atom. The van der Waals surface area contributed by atoms with E-state index in [4.69, 9.17) is 21.1 Å². The molecular formula is C30H28ClN3O5S. The summed E-state index contributed by atoms with van der Waals surface area (Å²) in [5.41, 5.74) is 5.32. The molecule has 0 atom stereocenters. The minimum Gasteiger partial charge on any atom is -0.497 e. The molecule has 0 radical (unpaired) electrons. The molecule has 0 unspecified atom stereocenters. The molecule has 40 heavy (non-hydrogen) atoms. The fourth-order valence-corrected chi connectivity index (χ4v) is 5.20. The molecule has 0 aliphatic heterocycles. The third-order valence-corrected chi connectivity index (χ3v) is 7.88. The Hall–Kier alpha value is -4.34. The zero-order chi connectivity index (χ0) is 28.5. The first-order valence-electron chi connectivity index (χ1n) is 12.3. The molecule has 4 rings (SSSR count). The lowest BCUT2D eigenvalue weighted by atomic mass is 10.2. The van der Waals surface area contributed by atoms with Crippen molar-refractivity contribution >= 4 is 39.4 Å². The number of nitrogens with zero attached hydrogens (tertiary/aromatic N) is 2. The highest BCUT2D eigenvalue weighted by Gasteiger charge is 2.27. The molecule has 4 aromatic carbocycles. The highest BCUT2D eigenvalue weighted by Crippen LogP contribution is 2.27. The molecule has 0 aliphatic carbocycles. The van der Waals surface area contributed by atoms with Crippen molar-refractivity contribution < 1.29 is 22.7 Å². The quantitative estimate of drug-likeness (QED) is 0.185. The Kier molecular flexibility index (Phi) is 9.42. The van der Waals surface area contributed by atoms with Crippen molar-refractivity contribution in [1.82, 2.24) is 5.43 Å². The van der Waals surface area contributed by atoms with Gasteiger partial charge in [-0.2, -0.15) is 5.10 Å². The maximum absolute atomic E-state index is 13.5. The molecule has 10 heteroatoms. The molecular weight excluding hydrogens is 550 g/mol. The van der Waals surface area contributed by atoms with E-state index in [1.54, 1.807) is 60.7 Å². The first kappa shape index (κ1) is 28.7. The third kappa shape index (κ3) is 7.62. The van der Waals surface area contributed by atoms with Crippen molar-refractivity contribution in [2.45, 2.75) is 18.4 Å². The van der Waals surface area contributed by atoms with Gasteiger partial charge >= 0.3 is 0 Å². The van der Waals surface area contributed by atoms with Crippen LogP contribution in [0.3, 0.4) is 0 Å². The van der Waals surface area contributed by atoms with Crippen LogP contribution in [-0.2, 0) is 21.4 Å². The lowest BCUT2D eigenvalue weighted by Gasteiger charge is -2.24. The van der Waals surface area contributed by atoms with E-state index in [0.29, 0.717) is 23.1 Å². The summed E-state index contributed by atoms with van der Waals surface area (Å²) in [6.45, 7) is 1.78. The predicted octanol–water partition coefficient (Wildman–Crippen LogP) is 5.58. The molecule has 0 spiro atoms. The number of aryl methyl sites for hydroxylation is 1. The number of anilines is 1. The molecule has 206 valence electrons. The summed E-state index contributed by atoms with van der Waals surface area (Å²) in [7, 11) is -2.57. The number of nitrogens with one attached hydrogen (secondary N) is 1. The maximum Gasteiger partial charge on any atom is 0.264 e.